The van der Waals surface area contributed by atoms with Crippen LogP contribution in [0.3, 0.4) is 0 Å². The van der Waals surface area contributed by atoms with Crippen molar-refractivity contribution >= 4 is 5.91 Å². The van der Waals surface area contributed by atoms with E-state index in [0.29, 0.717) is 25.1 Å². The Morgan fingerprint density at radius 1 is 1.43 bits per heavy atom. The van der Waals surface area contributed by atoms with Crippen molar-refractivity contribution in [2.75, 3.05) is 6.54 Å². The largest absolute Gasteiger partial charge is 0.391 e. The summed E-state index contributed by atoms with van der Waals surface area (Å²) >= 11 is 0. The number of hydrogen-bond donors (Lipinski definition) is 1. The van der Waals surface area contributed by atoms with Crippen LogP contribution in [0.1, 0.15) is 22.5 Å². The summed E-state index contributed by atoms with van der Waals surface area (Å²) < 4.78 is 1.71. The lowest BCUT2D eigenvalue weighted by atomic mass is 10.0. The lowest BCUT2D eigenvalue weighted by Crippen LogP contribution is -2.41. The second kappa shape index (κ2) is 5.61. The minimum absolute atomic E-state index is 0.187. The Bertz CT molecular complexity index is 627. The number of rotatable bonds is 3. The van der Waals surface area contributed by atoms with Crippen molar-refractivity contribution in [3.8, 4) is 0 Å². The summed E-state index contributed by atoms with van der Waals surface area (Å²) in [5.74, 6) is -0.187. The number of amides is 1. The van der Waals surface area contributed by atoms with Gasteiger partial charge in [0, 0.05) is 32.2 Å². The molecule has 3 rings (SSSR count). The molecule has 1 N–H and O–H groups in total. The first kappa shape index (κ1) is 13.7. The van der Waals surface area contributed by atoms with E-state index in [-0.39, 0.29) is 11.9 Å². The van der Waals surface area contributed by atoms with Crippen LogP contribution >= 0.6 is 0 Å². The fourth-order valence-corrected chi connectivity index (χ4v) is 2.71. The summed E-state index contributed by atoms with van der Waals surface area (Å²) in [6.07, 6.45) is 8.78. The van der Waals surface area contributed by atoms with Gasteiger partial charge in [0.05, 0.1) is 24.5 Å². The summed E-state index contributed by atoms with van der Waals surface area (Å²) in [7, 11) is 1.84. The van der Waals surface area contributed by atoms with Gasteiger partial charge in [0.2, 0.25) is 0 Å². The van der Waals surface area contributed by atoms with Crippen molar-refractivity contribution in [2.45, 2.75) is 25.0 Å². The second-order valence-electron chi connectivity index (χ2n) is 5.24. The lowest BCUT2D eigenvalue weighted by molar-refractivity contribution is 0.0634. The molecular formula is C14H17N5O2. The Kier molecular flexibility index (Phi) is 3.66. The molecule has 0 aromatic carbocycles. The monoisotopic (exact) mass is 287 g/mol. The second-order valence-corrected chi connectivity index (χ2v) is 5.24. The molecule has 0 unspecified atom stereocenters. The van der Waals surface area contributed by atoms with Gasteiger partial charge in [0.15, 0.2) is 0 Å². The van der Waals surface area contributed by atoms with Crippen molar-refractivity contribution in [2.24, 2.45) is 7.05 Å². The highest BCUT2D eigenvalue weighted by Gasteiger charge is 2.36. The maximum atomic E-state index is 12.5. The van der Waals surface area contributed by atoms with Crippen molar-refractivity contribution in [3.05, 3.63) is 42.2 Å². The molecular weight excluding hydrogens is 270 g/mol. The van der Waals surface area contributed by atoms with Crippen LogP contribution in [0.25, 0.3) is 0 Å². The van der Waals surface area contributed by atoms with Crippen LogP contribution in [0.2, 0.25) is 0 Å². The maximum Gasteiger partial charge on any atom is 0.274 e. The molecule has 1 fully saturated rings. The van der Waals surface area contributed by atoms with Crippen LogP contribution in [-0.2, 0) is 13.5 Å². The third-order valence-corrected chi connectivity index (χ3v) is 3.76. The Balaban J connectivity index is 1.79. The molecule has 0 aliphatic carbocycles. The summed E-state index contributed by atoms with van der Waals surface area (Å²) in [5, 5.41) is 14.3. The van der Waals surface area contributed by atoms with Crippen LogP contribution in [0.4, 0.5) is 0 Å². The maximum absolute atomic E-state index is 12.5. The van der Waals surface area contributed by atoms with Gasteiger partial charge in [-0.05, 0) is 18.4 Å². The fraction of sp³-hybridized carbons (Fsp3) is 0.429. The minimum Gasteiger partial charge on any atom is -0.391 e. The number of aliphatic hydroxyl groups is 1. The zero-order valence-corrected chi connectivity index (χ0v) is 11.8. The number of aromatic nitrogens is 4. The Morgan fingerprint density at radius 3 is 2.95 bits per heavy atom. The van der Waals surface area contributed by atoms with E-state index in [1.165, 1.54) is 18.6 Å². The van der Waals surface area contributed by atoms with Gasteiger partial charge in [-0.1, -0.05) is 0 Å². The normalized spacial score (nSPS) is 21.7. The van der Waals surface area contributed by atoms with E-state index in [9.17, 15) is 9.90 Å². The summed E-state index contributed by atoms with van der Waals surface area (Å²) in [6, 6.07) is -0.247. The molecule has 7 nitrogen and oxygen atoms in total. The molecule has 3 heterocycles. The van der Waals surface area contributed by atoms with Crippen LogP contribution in [0.15, 0.2) is 31.0 Å². The van der Waals surface area contributed by atoms with Crippen LogP contribution in [-0.4, -0.2) is 54.4 Å². The molecule has 2 aromatic rings. The van der Waals surface area contributed by atoms with E-state index in [1.807, 2.05) is 13.2 Å². The third-order valence-electron chi connectivity index (χ3n) is 3.76. The molecule has 0 bridgehead atoms. The van der Waals surface area contributed by atoms with Gasteiger partial charge >= 0.3 is 0 Å². The smallest absolute Gasteiger partial charge is 0.274 e. The predicted molar refractivity (Wildman–Crippen MR) is 74.4 cm³/mol. The summed E-state index contributed by atoms with van der Waals surface area (Å²) in [5.41, 5.74) is 1.31. The average molecular weight is 287 g/mol. The quantitative estimate of drug-likeness (QED) is 0.861. The number of likely N-dealkylation sites (tertiary alicyclic amines) is 1. The molecule has 2 aromatic heterocycles. The van der Waals surface area contributed by atoms with Gasteiger partial charge in [-0.15, -0.1) is 0 Å². The average Bonchev–Trinajstić information content (AvgIpc) is 3.07. The highest BCUT2D eigenvalue weighted by Crippen LogP contribution is 2.23. The molecule has 0 radical (unpaired) electrons. The fourth-order valence-electron chi connectivity index (χ4n) is 2.71. The number of nitrogens with zero attached hydrogens (tertiary/aromatic N) is 5. The van der Waals surface area contributed by atoms with E-state index >= 15 is 0 Å². The molecule has 7 heteroatoms. The van der Waals surface area contributed by atoms with Crippen molar-refractivity contribution < 1.29 is 9.90 Å². The highest BCUT2D eigenvalue weighted by molar-refractivity contribution is 5.92. The van der Waals surface area contributed by atoms with Crippen LogP contribution in [0.5, 0.6) is 0 Å². The first-order valence-corrected chi connectivity index (χ1v) is 6.87. The van der Waals surface area contributed by atoms with Crippen LogP contribution < -0.4 is 0 Å². The molecule has 0 spiro atoms. The number of hydrogen-bond acceptors (Lipinski definition) is 5. The van der Waals surface area contributed by atoms with Gasteiger partial charge in [-0.3, -0.25) is 14.5 Å². The molecule has 110 valence electrons. The molecule has 1 amide bonds. The first-order chi connectivity index (χ1) is 10.1. The van der Waals surface area contributed by atoms with Gasteiger partial charge in [-0.25, -0.2) is 4.98 Å². The number of carbonyl (C=O) groups excluding carboxylic acids is 1. The number of aryl methyl sites for hydroxylation is 1. The van der Waals surface area contributed by atoms with E-state index in [1.54, 1.807) is 15.8 Å². The molecule has 2 atom stereocenters. The molecule has 0 saturated carbocycles. The zero-order chi connectivity index (χ0) is 14.8. The van der Waals surface area contributed by atoms with E-state index in [2.05, 4.69) is 15.1 Å². The molecule has 21 heavy (non-hydrogen) atoms. The Morgan fingerprint density at radius 2 is 2.29 bits per heavy atom. The Labute approximate surface area is 122 Å². The van der Waals surface area contributed by atoms with Crippen molar-refractivity contribution in [1.29, 1.82) is 0 Å². The molecule has 1 aliphatic rings. The number of aliphatic hydroxyl groups excluding tert-OH is 1. The van der Waals surface area contributed by atoms with Gasteiger partial charge < -0.3 is 10.0 Å². The van der Waals surface area contributed by atoms with Gasteiger partial charge in [0.25, 0.3) is 5.91 Å². The summed E-state index contributed by atoms with van der Waals surface area (Å²) in [6.45, 7) is 0.529. The van der Waals surface area contributed by atoms with Crippen LogP contribution in [0, 0.1) is 0 Å². The lowest BCUT2D eigenvalue weighted by Gasteiger charge is -2.25. The Hall–Kier alpha value is -2.28. The SMILES string of the molecule is Cn1cc(C[C@H]2[C@H](O)CCN2C(=O)c2cnccn2)cn1. The number of carbonyl (C=O) groups is 1. The van der Waals surface area contributed by atoms with Gasteiger partial charge in [-0.2, -0.15) is 5.10 Å². The first-order valence-electron chi connectivity index (χ1n) is 6.87. The van der Waals surface area contributed by atoms with E-state index < -0.39 is 6.10 Å². The highest BCUT2D eigenvalue weighted by atomic mass is 16.3. The molecule has 1 aliphatic heterocycles. The minimum atomic E-state index is -0.522. The third kappa shape index (κ3) is 2.78. The van der Waals surface area contributed by atoms with E-state index in [0.717, 1.165) is 5.56 Å². The van der Waals surface area contributed by atoms with E-state index in [4.69, 9.17) is 0 Å². The molecule has 1 saturated heterocycles. The van der Waals surface area contributed by atoms with Crippen molar-refractivity contribution in [3.63, 3.8) is 0 Å². The topological polar surface area (TPSA) is 84.1 Å². The standard InChI is InChI=1S/C14H17N5O2/c1-18-9-10(7-17-18)6-12-13(20)2-5-19(12)14(21)11-8-15-3-4-16-11/h3-4,7-9,12-13,20H,2,5-6H2,1H3/t12-,13+/m0/s1. The predicted octanol–water partition coefficient (Wildman–Crippen LogP) is 0.0282. The van der Waals surface area contributed by atoms with Gasteiger partial charge in [0.1, 0.15) is 5.69 Å². The van der Waals surface area contributed by atoms with Crippen molar-refractivity contribution in [1.82, 2.24) is 24.6 Å². The zero-order valence-electron chi connectivity index (χ0n) is 11.8. The summed E-state index contributed by atoms with van der Waals surface area (Å²) in [4.78, 5) is 22.1.